The molecule has 0 bridgehead atoms. The summed E-state index contributed by atoms with van der Waals surface area (Å²) in [7, 11) is 1.53. The van der Waals surface area contributed by atoms with Crippen LogP contribution in [-0.4, -0.2) is 47.1 Å². The van der Waals surface area contributed by atoms with Crippen molar-refractivity contribution in [2.24, 2.45) is 0 Å². The van der Waals surface area contributed by atoms with E-state index >= 15 is 0 Å². The lowest BCUT2D eigenvalue weighted by Crippen LogP contribution is -2.54. The highest BCUT2D eigenvalue weighted by atomic mass is 16.5. The Labute approximate surface area is 167 Å². The number of rotatable bonds is 5. The van der Waals surface area contributed by atoms with Crippen LogP contribution in [0, 0.1) is 6.92 Å². The summed E-state index contributed by atoms with van der Waals surface area (Å²) in [6.07, 6.45) is 0. The van der Waals surface area contributed by atoms with Gasteiger partial charge in [0.25, 0.3) is 0 Å². The highest BCUT2D eigenvalue weighted by Gasteiger charge is 2.35. The summed E-state index contributed by atoms with van der Waals surface area (Å²) in [4.78, 5) is 32.6. The Kier molecular flexibility index (Phi) is 4.99. The van der Waals surface area contributed by atoms with Crippen LogP contribution in [0.3, 0.4) is 0 Å². The molecule has 1 aromatic heterocycles. The van der Waals surface area contributed by atoms with Gasteiger partial charge in [0.15, 0.2) is 0 Å². The number of para-hydroxylation sites is 2. The third-order valence-corrected chi connectivity index (χ3v) is 4.86. The van der Waals surface area contributed by atoms with Crippen LogP contribution in [0.5, 0.6) is 5.75 Å². The first-order valence-corrected chi connectivity index (χ1v) is 9.21. The van der Waals surface area contributed by atoms with Gasteiger partial charge < -0.3 is 14.2 Å². The number of aromatic nitrogens is 2. The van der Waals surface area contributed by atoms with Crippen LogP contribution in [0.25, 0.3) is 11.4 Å². The average molecular weight is 392 g/mol. The van der Waals surface area contributed by atoms with E-state index < -0.39 is 11.8 Å². The van der Waals surface area contributed by atoms with Crippen molar-refractivity contribution in [3.63, 3.8) is 0 Å². The second-order valence-electron chi connectivity index (χ2n) is 6.68. The van der Waals surface area contributed by atoms with Crippen LogP contribution in [0.4, 0.5) is 5.69 Å². The van der Waals surface area contributed by atoms with Crippen molar-refractivity contribution in [1.82, 2.24) is 15.0 Å². The number of carbonyl (C=O) groups excluding carboxylic acids is 2. The van der Waals surface area contributed by atoms with Gasteiger partial charge in [-0.1, -0.05) is 41.6 Å². The fourth-order valence-electron chi connectivity index (χ4n) is 3.32. The summed E-state index contributed by atoms with van der Waals surface area (Å²) >= 11 is 0. The Hall–Kier alpha value is -3.68. The van der Waals surface area contributed by atoms with Gasteiger partial charge in [-0.05, 0) is 24.6 Å². The van der Waals surface area contributed by atoms with Crippen molar-refractivity contribution in [2.75, 3.05) is 25.1 Å². The molecule has 1 saturated heterocycles. The lowest BCUT2D eigenvalue weighted by molar-refractivity contribution is -0.146. The number of benzene rings is 2. The molecular formula is C21H20N4O4. The Morgan fingerprint density at radius 3 is 2.59 bits per heavy atom. The van der Waals surface area contributed by atoms with E-state index in [4.69, 9.17) is 9.26 Å². The maximum Gasteiger partial charge on any atom is 0.316 e. The fourth-order valence-corrected chi connectivity index (χ4v) is 3.32. The zero-order valence-electron chi connectivity index (χ0n) is 16.2. The fraction of sp³-hybridized carbons (Fsp3) is 0.238. The zero-order chi connectivity index (χ0) is 20.4. The molecule has 0 aliphatic carbocycles. The molecule has 4 rings (SSSR count). The van der Waals surface area contributed by atoms with Gasteiger partial charge in [-0.2, -0.15) is 4.98 Å². The molecule has 148 valence electrons. The number of anilines is 1. The first kappa shape index (κ1) is 18.7. The van der Waals surface area contributed by atoms with Crippen molar-refractivity contribution in [2.45, 2.75) is 13.5 Å². The molecule has 0 atom stereocenters. The van der Waals surface area contributed by atoms with E-state index in [1.54, 1.807) is 18.2 Å². The molecule has 2 heterocycles. The van der Waals surface area contributed by atoms with Crippen molar-refractivity contribution in [3.8, 4) is 17.1 Å². The van der Waals surface area contributed by atoms with Crippen LogP contribution in [0.15, 0.2) is 53.1 Å². The smallest absolute Gasteiger partial charge is 0.316 e. The molecule has 0 unspecified atom stereocenters. The minimum atomic E-state index is -0.613. The summed E-state index contributed by atoms with van der Waals surface area (Å²) in [6, 6.07) is 14.8. The van der Waals surface area contributed by atoms with Gasteiger partial charge in [0.2, 0.25) is 11.7 Å². The minimum Gasteiger partial charge on any atom is -0.495 e. The summed E-state index contributed by atoms with van der Waals surface area (Å²) in [6.45, 7) is 2.75. The number of ether oxygens (including phenoxy) is 1. The molecule has 1 aliphatic rings. The average Bonchev–Trinajstić information content (AvgIpc) is 3.20. The molecule has 0 spiro atoms. The lowest BCUT2D eigenvalue weighted by atomic mass is 10.1. The number of methoxy groups -OCH3 is 1. The number of carbonyl (C=O) groups is 2. The Morgan fingerprint density at radius 2 is 1.79 bits per heavy atom. The minimum absolute atomic E-state index is 0.0865. The highest BCUT2D eigenvalue weighted by molar-refractivity contribution is 6.41. The number of hydrogen-bond donors (Lipinski definition) is 0. The first-order valence-electron chi connectivity index (χ1n) is 9.21. The molecule has 29 heavy (non-hydrogen) atoms. The maximum atomic E-state index is 12.7. The Morgan fingerprint density at radius 1 is 1.03 bits per heavy atom. The van der Waals surface area contributed by atoms with E-state index in [1.165, 1.54) is 16.9 Å². The van der Waals surface area contributed by atoms with Gasteiger partial charge in [0.05, 0.1) is 12.8 Å². The van der Waals surface area contributed by atoms with Gasteiger partial charge in [0.1, 0.15) is 12.3 Å². The lowest BCUT2D eigenvalue weighted by Gasteiger charge is -2.33. The molecule has 0 radical (unpaired) electrons. The largest absolute Gasteiger partial charge is 0.495 e. The predicted molar refractivity (Wildman–Crippen MR) is 105 cm³/mol. The van der Waals surface area contributed by atoms with E-state index in [0.29, 0.717) is 30.4 Å². The molecule has 2 aromatic carbocycles. The number of amides is 2. The van der Waals surface area contributed by atoms with E-state index in [9.17, 15) is 9.59 Å². The van der Waals surface area contributed by atoms with Gasteiger partial charge in [-0.25, -0.2) is 0 Å². The number of hydrogen-bond acceptors (Lipinski definition) is 6. The van der Waals surface area contributed by atoms with Crippen LogP contribution in [-0.2, 0) is 16.1 Å². The van der Waals surface area contributed by atoms with Crippen LogP contribution >= 0.6 is 0 Å². The number of aryl methyl sites for hydroxylation is 1. The Balaban J connectivity index is 1.49. The van der Waals surface area contributed by atoms with Crippen LogP contribution in [0.2, 0.25) is 0 Å². The molecular weight excluding hydrogens is 372 g/mol. The SMILES string of the molecule is COc1ccccc1N1CCN(Cc2nc(-c3ccccc3C)no2)C(=O)C1=O. The van der Waals surface area contributed by atoms with E-state index in [-0.39, 0.29) is 12.4 Å². The monoisotopic (exact) mass is 392 g/mol. The van der Waals surface area contributed by atoms with Crippen LogP contribution < -0.4 is 9.64 Å². The third-order valence-electron chi connectivity index (χ3n) is 4.86. The van der Waals surface area contributed by atoms with Crippen molar-refractivity contribution in [3.05, 3.63) is 60.0 Å². The molecule has 0 saturated carbocycles. The second-order valence-corrected chi connectivity index (χ2v) is 6.68. The van der Waals surface area contributed by atoms with Gasteiger partial charge in [-0.15, -0.1) is 0 Å². The molecule has 0 N–H and O–H groups in total. The molecule has 1 fully saturated rings. The normalized spacial score (nSPS) is 14.4. The molecule has 3 aromatic rings. The molecule has 1 aliphatic heterocycles. The Bertz CT molecular complexity index is 1060. The summed E-state index contributed by atoms with van der Waals surface area (Å²) in [5.74, 6) is 0.0683. The van der Waals surface area contributed by atoms with Gasteiger partial charge in [-0.3, -0.25) is 14.5 Å². The van der Waals surface area contributed by atoms with Crippen molar-refractivity contribution >= 4 is 17.5 Å². The van der Waals surface area contributed by atoms with E-state index in [1.807, 2.05) is 37.3 Å². The van der Waals surface area contributed by atoms with Gasteiger partial charge in [0, 0.05) is 18.7 Å². The van der Waals surface area contributed by atoms with Gasteiger partial charge >= 0.3 is 11.8 Å². The predicted octanol–water partition coefficient (Wildman–Crippen LogP) is 2.43. The zero-order valence-corrected chi connectivity index (χ0v) is 16.2. The highest BCUT2D eigenvalue weighted by Crippen LogP contribution is 2.29. The van der Waals surface area contributed by atoms with E-state index in [0.717, 1.165) is 11.1 Å². The quantitative estimate of drug-likeness (QED) is 0.620. The number of piperazine rings is 1. The molecule has 8 heteroatoms. The summed E-state index contributed by atoms with van der Waals surface area (Å²) < 4.78 is 10.6. The molecule has 8 nitrogen and oxygen atoms in total. The second kappa shape index (κ2) is 7.75. The summed E-state index contributed by atoms with van der Waals surface area (Å²) in [5.41, 5.74) is 2.47. The van der Waals surface area contributed by atoms with Crippen molar-refractivity contribution in [1.29, 1.82) is 0 Å². The third kappa shape index (κ3) is 3.56. The topological polar surface area (TPSA) is 88.8 Å². The maximum absolute atomic E-state index is 12.7. The molecule has 2 amide bonds. The number of nitrogens with zero attached hydrogens (tertiary/aromatic N) is 4. The van der Waals surface area contributed by atoms with Crippen LogP contribution in [0.1, 0.15) is 11.5 Å². The van der Waals surface area contributed by atoms with E-state index in [2.05, 4.69) is 10.1 Å². The standard InChI is InChI=1S/C21H20N4O4/c1-14-7-3-4-8-15(14)19-22-18(29-23-19)13-24-11-12-25(21(27)20(24)26)16-9-5-6-10-17(16)28-2/h3-10H,11-13H2,1-2H3. The summed E-state index contributed by atoms with van der Waals surface area (Å²) in [5, 5.41) is 4.01. The van der Waals surface area contributed by atoms with Crippen molar-refractivity contribution < 1.29 is 18.8 Å². The first-order chi connectivity index (χ1) is 14.1.